The lowest BCUT2D eigenvalue weighted by atomic mass is 10.0. The van der Waals surface area contributed by atoms with E-state index in [4.69, 9.17) is 21.8 Å². The zero-order chi connectivity index (χ0) is 10.9. The van der Waals surface area contributed by atoms with Gasteiger partial charge < -0.3 is 10.2 Å². The van der Waals surface area contributed by atoms with Crippen LogP contribution in [0, 0.1) is 6.92 Å². The van der Waals surface area contributed by atoms with E-state index >= 15 is 0 Å². The van der Waals surface area contributed by atoms with Gasteiger partial charge in [-0.2, -0.15) is 0 Å². The molecular weight excluding hydrogens is 208 g/mol. The maximum Gasteiger partial charge on any atom is 0.337 e. The summed E-state index contributed by atoms with van der Waals surface area (Å²) in [5.74, 6) is -2.39. The van der Waals surface area contributed by atoms with E-state index in [2.05, 4.69) is 0 Å². The number of carbonyl (C=O) groups is 2. The number of benzene rings is 1. The maximum absolute atomic E-state index is 10.7. The second-order valence-corrected chi connectivity index (χ2v) is 3.11. The molecule has 0 bridgehead atoms. The van der Waals surface area contributed by atoms with Gasteiger partial charge in [0.15, 0.2) is 0 Å². The van der Waals surface area contributed by atoms with E-state index in [1.807, 2.05) is 0 Å². The highest BCUT2D eigenvalue weighted by atomic mass is 35.5. The standard InChI is InChI=1S/C9H7ClO4/c1-4-5(8(11)12)2-3-6(10)7(4)9(13)14/h2-3H,1H3,(H,11,12)(H,13,14). The van der Waals surface area contributed by atoms with Crippen molar-refractivity contribution in [1.29, 1.82) is 0 Å². The van der Waals surface area contributed by atoms with Gasteiger partial charge in [-0.3, -0.25) is 0 Å². The predicted molar refractivity (Wildman–Crippen MR) is 50.1 cm³/mol. The van der Waals surface area contributed by atoms with E-state index in [1.54, 1.807) is 0 Å². The summed E-state index contributed by atoms with van der Waals surface area (Å²) in [5, 5.41) is 17.5. The van der Waals surface area contributed by atoms with Crippen molar-refractivity contribution < 1.29 is 19.8 Å². The summed E-state index contributed by atoms with van der Waals surface area (Å²) < 4.78 is 0. The Morgan fingerprint density at radius 1 is 1.21 bits per heavy atom. The maximum atomic E-state index is 10.7. The summed E-state index contributed by atoms with van der Waals surface area (Å²) >= 11 is 5.63. The fourth-order valence-electron chi connectivity index (χ4n) is 1.17. The van der Waals surface area contributed by atoms with E-state index < -0.39 is 11.9 Å². The number of aromatic carboxylic acids is 2. The summed E-state index contributed by atoms with van der Waals surface area (Å²) in [7, 11) is 0. The van der Waals surface area contributed by atoms with E-state index in [-0.39, 0.29) is 21.7 Å². The van der Waals surface area contributed by atoms with Crippen LogP contribution in [0.15, 0.2) is 12.1 Å². The molecular formula is C9H7ClO4. The quantitative estimate of drug-likeness (QED) is 0.790. The first-order valence-electron chi connectivity index (χ1n) is 3.71. The molecule has 0 saturated carbocycles. The van der Waals surface area contributed by atoms with Gasteiger partial charge in [0.25, 0.3) is 0 Å². The topological polar surface area (TPSA) is 74.6 Å². The molecule has 0 amide bonds. The first kappa shape index (κ1) is 10.5. The fraction of sp³-hybridized carbons (Fsp3) is 0.111. The van der Waals surface area contributed by atoms with Crippen LogP contribution in [0.5, 0.6) is 0 Å². The zero-order valence-corrected chi connectivity index (χ0v) is 8.00. The average molecular weight is 215 g/mol. The highest BCUT2D eigenvalue weighted by Gasteiger charge is 2.17. The molecule has 0 saturated heterocycles. The van der Waals surface area contributed by atoms with Crippen LogP contribution in [-0.4, -0.2) is 22.2 Å². The SMILES string of the molecule is Cc1c(C(=O)O)ccc(Cl)c1C(=O)O. The third-order valence-electron chi connectivity index (χ3n) is 1.86. The summed E-state index contributed by atoms with van der Waals surface area (Å²) in [6.45, 7) is 1.42. The van der Waals surface area contributed by atoms with Crippen molar-refractivity contribution in [2.24, 2.45) is 0 Å². The Morgan fingerprint density at radius 2 is 1.79 bits per heavy atom. The Bertz CT molecular complexity index is 412. The van der Waals surface area contributed by atoms with Crippen LogP contribution in [-0.2, 0) is 0 Å². The van der Waals surface area contributed by atoms with E-state index in [9.17, 15) is 9.59 Å². The van der Waals surface area contributed by atoms with Crippen LogP contribution in [0.4, 0.5) is 0 Å². The lowest BCUT2D eigenvalue weighted by Crippen LogP contribution is -2.07. The largest absolute Gasteiger partial charge is 0.478 e. The molecule has 14 heavy (non-hydrogen) atoms. The summed E-state index contributed by atoms with van der Waals surface area (Å²) in [5.41, 5.74) is -0.0455. The molecule has 0 atom stereocenters. The van der Waals surface area contributed by atoms with Gasteiger partial charge in [0.1, 0.15) is 0 Å². The van der Waals surface area contributed by atoms with E-state index in [1.165, 1.54) is 19.1 Å². The number of halogens is 1. The van der Waals surface area contributed by atoms with Gasteiger partial charge in [0, 0.05) is 0 Å². The Hall–Kier alpha value is -1.55. The van der Waals surface area contributed by atoms with Crippen molar-refractivity contribution in [3.8, 4) is 0 Å². The van der Waals surface area contributed by atoms with Crippen LogP contribution < -0.4 is 0 Å². The lowest BCUT2D eigenvalue weighted by molar-refractivity contribution is 0.0696. The molecule has 0 aliphatic carbocycles. The number of carboxylic acid groups (broad SMARTS) is 2. The first-order valence-corrected chi connectivity index (χ1v) is 4.08. The third kappa shape index (κ3) is 1.70. The highest BCUT2D eigenvalue weighted by Crippen LogP contribution is 2.22. The highest BCUT2D eigenvalue weighted by molar-refractivity contribution is 6.33. The van der Waals surface area contributed by atoms with E-state index in [0.29, 0.717) is 0 Å². The monoisotopic (exact) mass is 214 g/mol. The van der Waals surface area contributed by atoms with Gasteiger partial charge in [-0.05, 0) is 24.6 Å². The minimum Gasteiger partial charge on any atom is -0.478 e. The molecule has 0 aliphatic heterocycles. The first-order chi connectivity index (χ1) is 6.45. The van der Waals surface area contributed by atoms with Crippen LogP contribution in [0.2, 0.25) is 5.02 Å². The van der Waals surface area contributed by atoms with Crippen LogP contribution in [0.3, 0.4) is 0 Å². The minimum absolute atomic E-state index is 0.0417. The summed E-state index contributed by atoms with van der Waals surface area (Å²) in [6, 6.07) is 2.55. The van der Waals surface area contributed by atoms with Gasteiger partial charge in [0.05, 0.1) is 16.1 Å². The minimum atomic E-state index is -1.23. The van der Waals surface area contributed by atoms with Crippen LogP contribution in [0.25, 0.3) is 0 Å². The molecule has 0 unspecified atom stereocenters. The number of hydrogen-bond donors (Lipinski definition) is 2. The number of hydrogen-bond acceptors (Lipinski definition) is 2. The Kier molecular flexibility index (Phi) is 2.76. The van der Waals surface area contributed by atoms with Gasteiger partial charge in [-0.1, -0.05) is 11.6 Å². The van der Waals surface area contributed by atoms with Crippen LogP contribution >= 0.6 is 11.6 Å². The molecule has 74 valence electrons. The summed E-state index contributed by atoms with van der Waals surface area (Å²) in [4.78, 5) is 21.4. The molecule has 2 N–H and O–H groups in total. The molecule has 1 aromatic carbocycles. The van der Waals surface area contributed by atoms with E-state index in [0.717, 1.165) is 0 Å². The molecule has 0 spiro atoms. The van der Waals surface area contributed by atoms with Crippen molar-refractivity contribution in [2.45, 2.75) is 6.92 Å². The van der Waals surface area contributed by atoms with Crippen molar-refractivity contribution in [1.82, 2.24) is 0 Å². The van der Waals surface area contributed by atoms with Gasteiger partial charge in [-0.15, -0.1) is 0 Å². The number of rotatable bonds is 2. The molecule has 0 fully saturated rings. The predicted octanol–water partition coefficient (Wildman–Crippen LogP) is 2.04. The van der Waals surface area contributed by atoms with Crippen molar-refractivity contribution in [3.63, 3.8) is 0 Å². The Labute approximate surface area is 84.7 Å². The van der Waals surface area contributed by atoms with Gasteiger partial charge in [-0.25, -0.2) is 9.59 Å². The van der Waals surface area contributed by atoms with Crippen molar-refractivity contribution >= 4 is 23.5 Å². The van der Waals surface area contributed by atoms with Crippen LogP contribution in [0.1, 0.15) is 26.3 Å². The molecule has 5 heteroatoms. The smallest absolute Gasteiger partial charge is 0.337 e. The average Bonchev–Trinajstić information content (AvgIpc) is 2.02. The van der Waals surface area contributed by atoms with Gasteiger partial charge in [0.2, 0.25) is 0 Å². The molecule has 1 rings (SSSR count). The molecule has 0 aromatic heterocycles. The normalized spacial score (nSPS) is 9.86. The number of carboxylic acids is 2. The zero-order valence-electron chi connectivity index (χ0n) is 7.24. The molecule has 1 aromatic rings. The molecule has 0 aliphatic rings. The fourth-order valence-corrected chi connectivity index (χ4v) is 1.46. The molecule has 0 radical (unpaired) electrons. The Balaban J connectivity index is 3.49. The Morgan fingerprint density at radius 3 is 2.21 bits per heavy atom. The van der Waals surface area contributed by atoms with Gasteiger partial charge >= 0.3 is 11.9 Å². The third-order valence-corrected chi connectivity index (χ3v) is 2.17. The second kappa shape index (κ2) is 3.67. The van der Waals surface area contributed by atoms with Crippen molar-refractivity contribution in [3.05, 3.63) is 33.8 Å². The summed E-state index contributed by atoms with van der Waals surface area (Å²) in [6.07, 6.45) is 0. The van der Waals surface area contributed by atoms with Crippen molar-refractivity contribution in [2.75, 3.05) is 0 Å². The molecule has 0 heterocycles. The molecule has 4 nitrogen and oxygen atoms in total. The lowest BCUT2D eigenvalue weighted by Gasteiger charge is -2.06. The second-order valence-electron chi connectivity index (χ2n) is 2.71.